The van der Waals surface area contributed by atoms with Crippen LogP contribution in [0.15, 0.2) is 6.07 Å². The van der Waals surface area contributed by atoms with Crippen LogP contribution in [0.25, 0.3) is 0 Å². The molecular weight excluding hydrogens is 268 g/mol. The van der Waals surface area contributed by atoms with Gasteiger partial charge in [-0.05, 0) is 37.9 Å². The van der Waals surface area contributed by atoms with Gasteiger partial charge < -0.3 is 10.6 Å². The lowest BCUT2D eigenvalue weighted by Gasteiger charge is -2.23. The molecule has 1 aliphatic carbocycles. The fraction of sp³-hybridized carbons (Fsp3) is 0.733. The first-order valence-electron chi connectivity index (χ1n) is 7.82. The summed E-state index contributed by atoms with van der Waals surface area (Å²) in [4.78, 5) is 9.38. The molecule has 0 radical (unpaired) electrons. The Balaban J connectivity index is 1.71. The molecule has 5 heteroatoms. The highest BCUT2D eigenvalue weighted by Crippen LogP contribution is 2.39. The Morgan fingerprint density at radius 3 is 2.80 bits per heavy atom. The van der Waals surface area contributed by atoms with Crippen molar-refractivity contribution in [2.45, 2.75) is 51.0 Å². The smallest absolute Gasteiger partial charge is 0.136 e. The number of aromatic nitrogens is 2. The minimum absolute atomic E-state index is 0.565. The second kappa shape index (κ2) is 6.66. The maximum Gasteiger partial charge on any atom is 0.136 e. The second-order valence-electron chi connectivity index (χ2n) is 5.76. The van der Waals surface area contributed by atoms with Gasteiger partial charge in [-0.1, -0.05) is 6.92 Å². The third-order valence-electron chi connectivity index (χ3n) is 3.75. The number of nitrogens with zero attached hydrogens (tertiary/aromatic N) is 2. The topological polar surface area (TPSA) is 49.8 Å². The summed E-state index contributed by atoms with van der Waals surface area (Å²) in [6.07, 6.45) is 6.17. The van der Waals surface area contributed by atoms with Crippen molar-refractivity contribution < 1.29 is 0 Å². The van der Waals surface area contributed by atoms with E-state index < -0.39 is 0 Å². The summed E-state index contributed by atoms with van der Waals surface area (Å²) < 4.78 is 0. The largest absolute Gasteiger partial charge is 0.370 e. The number of rotatable bonds is 6. The fourth-order valence-electron chi connectivity index (χ4n) is 2.47. The van der Waals surface area contributed by atoms with E-state index >= 15 is 0 Å². The molecule has 2 N–H and O–H groups in total. The number of anilines is 2. The van der Waals surface area contributed by atoms with Crippen LogP contribution in [0.2, 0.25) is 0 Å². The molecule has 1 saturated heterocycles. The van der Waals surface area contributed by atoms with Crippen LogP contribution in [0.5, 0.6) is 0 Å². The van der Waals surface area contributed by atoms with Gasteiger partial charge in [0.2, 0.25) is 0 Å². The molecule has 2 fully saturated rings. The molecule has 0 spiro atoms. The number of thioether (sulfide) groups is 1. The third-order valence-corrected chi connectivity index (χ3v) is 4.97. The van der Waals surface area contributed by atoms with Gasteiger partial charge in [0.25, 0.3) is 0 Å². The van der Waals surface area contributed by atoms with Crippen molar-refractivity contribution in [2.24, 2.45) is 0 Å². The minimum atomic E-state index is 0.565. The lowest BCUT2D eigenvalue weighted by molar-refractivity contribution is 0.681. The van der Waals surface area contributed by atoms with Crippen LogP contribution in [0.4, 0.5) is 11.6 Å². The Morgan fingerprint density at radius 2 is 2.10 bits per heavy atom. The number of nitrogens with one attached hydrogen (secondary N) is 2. The quantitative estimate of drug-likeness (QED) is 0.840. The molecule has 1 aromatic rings. The van der Waals surface area contributed by atoms with Gasteiger partial charge in [0.1, 0.15) is 17.5 Å². The Hall–Kier alpha value is -0.970. The van der Waals surface area contributed by atoms with Crippen LogP contribution < -0.4 is 10.6 Å². The van der Waals surface area contributed by atoms with Gasteiger partial charge in [0.15, 0.2) is 0 Å². The van der Waals surface area contributed by atoms with E-state index in [2.05, 4.69) is 28.6 Å². The maximum absolute atomic E-state index is 4.73. The van der Waals surface area contributed by atoms with Crippen molar-refractivity contribution in [3.8, 4) is 0 Å². The Labute approximate surface area is 125 Å². The van der Waals surface area contributed by atoms with Crippen LogP contribution in [-0.4, -0.2) is 34.1 Å². The molecule has 1 atom stereocenters. The van der Waals surface area contributed by atoms with Crippen molar-refractivity contribution in [2.75, 3.05) is 28.7 Å². The van der Waals surface area contributed by atoms with Gasteiger partial charge in [-0.25, -0.2) is 9.97 Å². The van der Waals surface area contributed by atoms with Gasteiger partial charge in [-0.15, -0.1) is 0 Å². The standard InChI is InChI=1S/C15H24N4S/c1-2-7-16-13-9-14(17-12-4-3-8-20-10-12)19-15(18-13)11-5-6-11/h9,11-12H,2-8,10H2,1H3,(H2,16,17,18,19). The summed E-state index contributed by atoms with van der Waals surface area (Å²) >= 11 is 2.04. The zero-order valence-corrected chi connectivity index (χ0v) is 13.0. The average Bonchev–Trinajstić information content (AvgIpc) is 3.31. The van der Waals surface area contributed by atoms with E-state index in [9.17, 15) is 0 Å². The normalized spacial score (nSPS) is 22.6. The SMILES string of the molecule is CCCNc1cc(NC2CCCSC2)nc(C2CC2)n1. The zero-order chi connectivity index (χ0) is 13.8. The maximum atomic E-state index is 4.73. The van der Waals surface area contributed by atoms with Crippen molar-refractivity contribution in [1.29, 1.82) is 0 Å². The Kier molecular flexibility index (Phi) is 4.65. The summed E-state index contributed by atoms with van der Waals surface area (Å²) in [7, 11) is 0. The molecule has 1 aromatic heterocycles. The Bertz CT molecular complexity index is 441. The summed E-state index contributed by atoms with van der Waals surface area (Å²) in [5.41, 5.74) is 0. The van der Waals surface area contributed by atoms with E-state index in [-0.39, 0.29) is 0 Å². The van der Waals surface area contributed by atoms with Crippen LogP contribution in [-0.2, 0) is 0 Å². The molecule has 2 aliphatic rings. The lowest BCUT2D eigenvalue weighted by Crippen LogP contribution is -2.26. The van der Waals surface area contributed by atoms with Gasteiger partial charge in [-0.2, -0.15) is 11.8 Å². The van der Waals surface area contributed by atoms with E-state index in [1.54, 1.807) is 0 Å². The lowest BCUT2D eigenvalue weighted by atomic mass is 10.2. The van der Waals surface area contributed by atoms with Crippen LogP contribution in [0.3, 0.4) is 0 Å². The zero-order valence-electron chi connectivity index (χ0n) is 12.2. The average molecular weight is 292 g/mol. The van der Waals surface area contributed by atoms with Crippen LogP contribution in [0, 0.1) is 0 Å². The highest BCUT2D eigenvalue weighted by atomic mass is 32.2. The summed E-state index contributed by atoms with van der Waals surface area (Å²) in [6.45, 7) is 3.15. The first kappa shape index (κ1) is 14.0. The summed E-state index contributed by atoms with van der Waals surface area (Å²) in [5, 5.41) is 7.01. The van der Waals surface area contributed by atoms with Gasteiger partial charge in [0, 0.05) is 30.3 Å². The summed E-state index contributed by atoms with van der Waals surface area (Å²) in [5.74, 6) is 6.11. The first-order chi connectivity index (χ1) is 9.85. The number of hydrogen-bond acceptors (Lipinski definition) is 5. The van der Waals surface area contributed by atoms with E-state index in [1.807, 2.05) is 11.8 Å². The molecular formula is C15H24N4S. The molecule has 20 heavy (non-hydrogen) atoms. The third kappa shape index (κ3) is 3.78. The predicted molar refractivity (Wildman–Crippen MR) is 86.8 cm³/mol. The van der Waals surface area contributed by atoms with Crippen molar-refractivity contribution in [1.82, 2.24) is 9.97 Å². The first-order valence-corrected chi connectivity index (χ1v) is 8.97. The molecule has 1 unspecified atom stereocenters. The highest BCUT2D eigenvalue weighted by molar-refractivity contribution is 7.99. The van der Waals surface area contributed by atoms with Crippen molar-refractivity contribution in [3.05, 3.63) is 11.9 Å². The van der Waals surface area contributed by atoms with E-state index in [4.69, 9.17) is 4.98 Å². The molecule has 0 aromatic carbocycles. The molecule has 2 heterocycles. The fourth-order valence-corrected chi connectivity index (χ4v) is 3.54. The molecule has 0 bridgehead atoms. The molecule has 0 amide bonds. The molecule has 4 nitrogen and oxygen atoms in total. The Morgan fingerprint density at radius 1 is 1.25 bits per heavy atom. The minimum Gasteiger partial charge on any atom is -0.370 e. The van der Waals surface area contributed by atoms with E-state index in [0.29, 0.717) is 12.0 Å². The van der Waals surface area contributed by atoms with E-state index in [1.165, 1.54) is 37.2 Å². The molecule has 110 valence electrons. The van der Waals surface area contributed by atoms with Crippen LogP contribution in [0.1, 0.15) is 50.8 Å². The highest BCUT2D eigenvalue weighted by Gasteiger charge is 2.27. The van der Waals surface area contributed by atoms with Crippen molar-refractivity contribution in [3.63, 3.8) is 0 Å². The molecule has 1 aliphatic heterocycles. The second-order valence-corrected chi connectivity index (χ2v) is 6.91. The predicted octanol–water partition coefficient (Wildman–Crippen LogP) is 3.48. The molecule has 3 rings (SSSR count). The molecule has 1 saturated carbocycles. The van der Waals surface area contributed by atoms with Gasteiger partial charge in [-0.3, -0.25) is 0 Å². The van der Waals surface area contributed by atoms with E-state index in [0.717, 1.165) is 30.4 Å². The van der Waals surface area contributed by atoms with Crippen LogP contribution >= 0.6 is 11.8 Å². The monoisotopic (exact) mass is 292 g/mol. The summed E-state index contributed by atoms with van der Waals surface area (Å²) in [6, 6.07) is 2.63. The number of hydrogen-bond donors (Lipinski definition) is 2. The van der Waals surface area contributed by atoms with Gasteiger partial charge in [0.05, 0.1) is 0 Å². The van der Waals surface area contributed by atoms with Crippen molar-refractivity contribution >= 4 is 23.4 Å². The van der Waals surface area contributed by atoms with Gasteiger partial charge >= 0.3 is 0 Å².